The van der Waals surface area contributed by atoms with E-state index < -0.39 is 0 Å². The normalized spacial score (nSPS) is 12.1. The Kier molecular flexibility index (Phi) is 4.30. The minimum atomic E-state index is -0.0691. The van der Waals surface area contributed by atoms with Crippen LogP contribution >= 0.6 is 0 Å². The van der Waals surface area contributed by atoms with Crippen LogP contribution in [-0.4, -0.2) is 11.1 Å². The van der Waals surface area contributed by atoms with E-state index in [2.05, 4.69) is 22.7 Å². The van der Waals surface area contributed by atoms with E-state index in [9.17, 15) is 4.79 Å². The minimum absolute atomic E-state index is 0.0691. The average molecular weight is 259 g/mol. The fourth-order valence-corrected chi connectivity index (χ4v) is 1.79. The van der Waals surface area contributed by atoms with Crippen molar-refractivity contribution in [3.8, 4) is 0 Å². The SMILES string of the molecule is CC(=O)Nc1cccc(C(C)NCc2ccon2)c1. The summed E-state index contributed by atoms with van der Waals surface area (Å²) in [5.41, 5.74) is 2.78. The Morgan fingerprint density at radius 3 is 2.95 bits per heavy atom. The highest BCUT2D eigenvalue weighted by Crippen LogP contribution is 2.17. The zero-order valence-electron chi connectivity index (χ0n) is 11.0. The number of nitrogens with one attached hydrogen (secondary N) is 2. The van der Waals surface area contributed by atoms with Gasteiger partial charge in [-0.3, -0.25) is 4.79 Å². The predicted molar refractivity (Wildman–Crippen MR) is 72.5 cm³/mol. The Bertz CT molecular complexity index is 537. The van der Waals surface area contributed by atoms with Crippen molar-refractivity contribution in [2.75, 3.05) is 5.32 Å². The van der Waals surface area contributed by atoms with E-state index >= 15 is 0 Å². The van der Waals surface area contributed by atoms with Gasteiger partial charge in [0.1, 0.15) is 6.26 Å². The van der Waals surface area contributed by atoms with Crippen molar-refractivity contribution >= 4 is 11.6 Å². The quantitative estimate of drug-likeness (QED) is 0.865. The molecule has 0 saturated carbocycles. The number of aromatic nitrogens is 1. The third-order valence-electron chi connectivity index (χ3n) is 2.79. The summed E-state index contributed by atoms with van der Waals surface area (Å²) < 4.78 is 4.78. The zero-order chi connectivity index (χ0) is 13.7. The van der Waals surface area contributed by atoms with Crippen molar-refractivity contribution in [3.63, 3.8) is 0 Å². The van der Waals surface area contributed by atoms with Crippen LogP contribution < -0.4 is 10.6 Å². The van der Waals surface area contributed by atoms with Crippen molar-refractivity contribution in [2.45, 2.75) is 26.4 Å². The number of amides is 1. The van der Waals surface area contributed by atoms with Crippen LogP contribution in [0, 0.1) is 0 Å². The van der Waals surface area contributed by atoms with Crippen LogP contribution in [0.4, 0.5) is 5.69 Å². The van der Waals surface area contributed by atoms with Gasteiger partial charge in [-0.15, -0.1) is 0 Å². The second kappa shape index (κ2) is 6.15. The number of nitrogens with zero attached hydrogens (tertiary/aromatic N) is 1. The first-order valence-corrected chi connectivity index (χ1v) is 6.15. The van der Waals surface area contributed by atoms with E-state index in [1.807, 2.05) is 30.3 Å². The van der Waals surface area contributed by atoms with Gasteiger partial charge in [-0.2, -0.15) is 0 Å². The lowest BCUT2D eigenvalue weighted by molar-refractivity contribution is -0.114. The second-order valence-electron chi connectivity index (χ2n) is 4.40. The van der Waals surface area contributed by atoms with Crippen molar-refractivity contribution in [1.82, 2.24) is 10.5 Å². The smallest absolute Gasteiger partial charge is 0.221 e. The van der Waals surface area contributed by atoms with Gasteiger partial charge in [-0.1, -0.05) is 17.3 Å². The molecule has 1 aromatic carbocycles. The molecule has 1 heterocycles. The number of carbonyl (C=O) groups excluding carboxylic acids is 1. The molecule has 0 aliphatic rings. The lowest BCUT2D eigenvalue weighted by Gasteiger charge is -2.14. The molecule has 2 N–H and O–H groups in total. The molecule has 0 radical (unpaired) electrons. The maximum absolute atomic E-state index is 11.0. The van der Waals surface area contributed by atoms with E-state index in [1.54, 1.807) is 6.26 Å². The fourth-order valence-electron chi connectivity index (χ4n) is 1.79. The summed E-state index contributed by atoms with van der Waals surface area (Å²) in [6, 6.07) is 9.76. The summed E-state index contributed by atoms with van der Waals surface area (Å²) in [6.45, 7) is 4.20. The molecule has 0 aliphatic heterocycles. The maximum atomic E-state index is 11.0. The standard InChI is InChI=1S/C14H17N3O2/c1-10(15-9-14-6-7-19-17-14)12-4-3-5-13(8-12)16-11(2)18/h3-8,10,15H,9H2,1-2H3,(H,16,18). The number of hydrogen-bond acceptors (Lipinski definition) is 4. The van der Waals surface area contributed by atoms with Gasteiger partial charge in [0, 0.05) is 31.3 Å². The first-order valence-electron chi connectivity index (χ1n) is 6.15. The predicted octanol–water partition coefficient (Wildman–Crippen LogP) is 2.48. The molecule has 5 heteroatoms. The lowest BCUT2D eigenvalue weighted by atomic mass is 10.1. The Labute approximate surface area is 112 Å². The Morgan fingerprint density at radius 1 is 1.42 bits per heavy atom. The van der Waals surface area contributed by atoms with E-state index in [0.29, 0.717) is 6.54 Å². The van der Waals surface area contributed by atoms with E-state index in [1.165, 1.54) is 6.92 Å². The Hall–Kier alpha value is -2.14. The fraction of sp³-hybridized carbons (Fsp3) is 0.286. The van der Waals surface area contributed by atoms with Crippen LogP contribution in [-0.2, 0) is 11.3 Å². The number of benzene rings is 1. The number of carbonyl (C=O) groups is 1. The van der Waals surface area contributed by atoms with E-state index in [0.717, 1.165) is 16.9 Å². The molecule has 0 fully saturated rings. The van der Waals surface area contributed by atoms with Gasteiger partial charge in [-0.05, 0) is 24.6 Å². The van der Waals surface area contributed by atoms with Gasteiger partial charge in [0.2, 0.25) is 5.91 Å². The molecule has 0 aliphatic carbocycles. The highest BCUT2D eigenvalue weighted by Gasteiger charge is 2.07. The zero-order valence-corrected chi connectivity index (χ0v) is 11.0. The molecule has 1 atom stereocenters. The molecule has 0 spiro atoms. The van der Waals surface area contributed by atoms with Crippen LogP contribution in [0.2, 0.25) is 0 Å². The third-order valence-corrected chi connectivity index (χ3v) is 2.79. The van der Waals surface area contributed by atoms with Crippen LogP contribution in [0.5, 0.6) is 0 Å². The van der Waals surface area contributed by atoms with E-state index in [-0.39, 0.29) is 11.9 Å². The van der Waals surface area contributed by atoms with Gasteiger partial charge in [0.25, 0.3) is 0 Å². The molecule has 0 bridgehead atoms. The summed E-state index contributed by atoms with van der Waals surface area (Å²) in [5.74, 6) is -0.0691. The van der Waals surface area contributed by atoms with Crippen LogP contribution in [0.3, 0.4) is 0 Å². The molecule has 1 amide bonds. The molecule has 5 nitrogen and oxygen atoms in total. The van der Waals surface area contributed by atoms with Crippen molar-refractivity contribution in [2.24, 2.45) is 0 Å². The first kappa shape index (κ1) is 13.3. The van der Waals surface area contributed by atoms with Gasteiger partial charge in [0.05, 0.1) is 5.69 Å². The molecule has 100 valence electrons. The van der Waals surface area contributed by atoms with Gasteiger partial charge in [-0.25, -0.2) is 0 Å². The number of hydrogen-bond donors (Lipinski definition) is 2. The molecular weight excluding hydrogens is 242 g/mol. The Balaban J connectivity index is 1.98. The highest BCUT2D eigenvalue weighted by molar-refractivity contribution is 5.88. The van der Waals surface area contributed by atoms with Crippen LogP contribution in [0.1, 0.15) is 31.1 Å². The molecule has 0 saturated heterocycles. The van der Waals surface area contributed by atoms with Gasteiger partial charge < -0.3 is 15.2 Å². The largest absolute Gasteiger partial charge is 0.364 e. The summed E-state index contributed by atoms with van der Waals surface area (Å²) >= 11 is 0. The molecule has 19 heavy (non-hydrogen) atoms. The average Bonchev–Trinajstić information content (AvgIpc) is 2.88. The topological polar surface area (TPSA) is 67.2 Å². The molecule has 2 aromatic rings. The van der Waals surface area contributed by atoms with Crippen molar-refractivity contribution in [1.29, 1.82) is 0 Å². The molecule has 1 unspecified atom stereocenters. The molecule has 1 aromatic heterocycles. The van der Waals surface area contributed by atoms with Crippen molar-refractivity contribution < 1.29 is 9.32 Å². The van der Waals surface area contributed by atoms with Gasteiger partial charge in [0.15, 0.2) is 0 Å². The number of rotatable bonds is 5. The molecule has 2 rings (SSSR count). The summed E-state index contributed by atoms with van der Waals surface area (Å²) in [4.78, 5) is 11.0. The molecular formula is C14H17N3O2. The lowest BCUT2D eigenvalue weighted by Crippen LogP contribution is -2.18. The number of anilines is 1. The highest BCUT2D eigenvalue weighted by atomic mass is 16.5. The summed E-state index contributed by atoms with van der Waals surface area (Å²) in [7, 11) is 0. The summed E-state index contributed by atoms with van der Waals surface area (Å²) in [5, 5.41) is 9.97. The Morgan fingerprint density at radius 2 is 2.26 bits per heavy atom. The van der Waals surface area contributed by atoms with E-state index in [4.69, 9.17) is 4.52 Å². The minimum Gasteiger partial charge on any atom is -0.364 e. The van der Waals surface area contributed by atoms with Crippen LogP contribution in [0.25, 0.3) is 0 Å². The van der Waals surface area contributed by atoms with Crippen LogP contribution in [0.15, 0.2) is 41.1 Å². The maximum Gasteiger partial charge on any atom is 0.221 e. The monoisotopic (exact) mass is 259 g/mol. The summed E-state index contributed by atoms with van der Waals surface area (Å²) in [6.07, 6.45) is 1.55. The first-order chi connectivity index (χ1) is 9.15. The third kappa shape index (κ3) is 3.93. The van der Waals surface area contributed by atoms with Gasteiger partial charge >= 0.3 is 0 Å². The second-order valence-corrected chi connectivity index (χ2v) is 4.40. The van der Waals surface area contributed by atoms with Crippen molar-refractivity contribution in [3.05, 3.63) is 47.9 Å².